The van der Waals surface area contributed by atoms with Gasteiger partial charge in [0.2, 0.25) is 0 Å². The molecule has 0 amide bonds. The van der Waals surface area contributed by atoms with Crippen LogP contribution in [-0.4, -0.2) is 13.1 Å². The molecule has 0 aliphatic rings. The van der Waals surface area contributed by atoms with E-state index >= 15 is 0 Å². The molecule has 0 aliphatic carbocycles. The van der Waals surface area contributed by atoms with Gasteiger partial charge in [0, 0.05) is 14.6 Å². The minimum absolute atomic E-state index is 0.0603. The number of allylic oxidation sites excluding steroid dienone is 4. The van der Waals surface area contributed by atoms with E-state index in [0.29, 0.717) is 6.42 Å². The lowest BCUT2D eigenvalue weighted by Crippen LogP contribution is -1.98. The molecule has 0 rings (SSSR count). The van der Waals surface area contributed by atoms with E-state index in [1.165, 1.54) is 7.11 Å². The molecule has 1 atom stereocenters. The molecule has 0 saturated heterocycles. The first-order chi connectivity index (χ1) is 12.7. The third-order valence-electron chi connectivity index (χ3n) is 2.95. The van der Waals surface area contributed by atoms with Crippen molar-refractivity contribution in [3.8, 4) is 0 Å². The topological polar surface area (TPSA) is 26.3 Å². The Morgan fingerprint density at radius 1 is 1.00 bits per heavy atom. The third kappa shape index (κ3) is 16.9. The normalized spacial score (nSPS) is 18.5. The summed E-state index contributed by atoms with van der Waals surface area (Å²) in [5, 5.41) is 0. The molecule has 0 radical (unpaired) electrons. The molecule has 0 saturated carbocycles. The number of rotatable bonds is 14. The molecule has 0 bridgehead atoms. The lowest BCUT2D eigenvalue weighted by atomic mass is 10.1. The molecule has 2 heteroatoms. The Morgan fingerprint density at radius 2 is 1.71 bits per heavy atom. The number of hydrogen-bond donors (Lipinski definition) is 0. The fraction of sp³-hybridized carbons (Fsp3) is 0.737. The van der Waals surface area contributed by atoms with Crippen molar-refractivity contribution in [2.45, 2.75) is 83.8 Å². The lowest BCUT2D eigenvalue weighted by molar-refractivity contribution is -0.140. The number of ether oxygens (including phenoxy) is 1. The van der Waals surface area contributed by atoms with Gasteiger partial charge in [-0.25, -0.2) is 0 Å². The second-order valence-corrected chi connectivity index (χ2v) is 4.79. The van der Waals surface area contributed by atoms with Gasteiger partial charge in [-0.3, -0.25) is 4.79 Å². The van der Waals surface area contributed by atoms with Gasteiger partial charge in [-0.05, 0) is 32.1 Å². The predicted octanol–water partition coefficient (Wildman–Crippen LogP) is 5.97. The summed E-state index contributed by atoms with van der Waals surface area (Å²) in [6.07, 6.45) is 8.33. The Labute approximate surface area is 140 Å². The molecule has 0 aromatic carbocycles. The average Bonchev–Trinajstić information content (AvgIpc) is 2.61. The van der Waals surface area contributed by atoms with Crippen LogP contribution in [-0.2, 0) is 9.53 Å². The Hall–Kier alpha value is -1.05. The van der Waals surface area contributed by atoms with Crippen LogP contribution in [0.25, 0.3) is 0 Å². The van der Waals surface area contributed by atoms with Crippen LogP contribution in [0.4, 0.5) is 0 Å². The van der Waals surface area contributed by atoms with Crippen molar-refractivity contribution in [2.75, 3.05) is 7.11 Å². The smallest absolute Gasteiger partial charge is 0.305 e. The molecule has 0 aromatic heterocycles. The molecule has 122 valence electrons. The zero-order valence-electron chi connectivity index (χ0n) is 19.3. The highest BCUT2D eigenvalue weighted by Crippen LogP contribution is 2.08. The predicted molar refractivity (Wildman–Crippen MR) is 91.4 cm³/mol. The third-order valence-corrected chi connectivity index (χ3v) is 2.95. The van der Waals surface area contributed by atoms with E-state index in [1.807, 2.05) is 12.2 Å². The van der Waals surface area contributed by atoms with Crippen molar-refractivity contribution < 1.29 is 17.8 Å². The van der Waals surface area contributed by atoms with Crippen molar-refractivity contribution >= 4 is 5.97 Å². The fourth-order valence-corrected chi connectivity index (χ4v) is 1.76. The van der Waals surface area contributed by atoms with Crippen molar-refractivity contribution in [3.05, 3.63) is 24.3 Å². The monoisotopic (exact) mass is 300 g/mol. The van der Waals surface area contributed by atoms with Gasteiger partial charge in [0.05, 0.1) is 7.11 Å². The second-order valence-electron chi connectivity index (χ2n) is 4.79. The number of carbonyl (C=O) groups excluding carboxylic acids is 1. The van der Waals surface area contributed by atoms with Crippen LogP contribution in [0, 0.1) is 0 Å². The van der Waals surface area contributed by atoms with Crippen LogP contribution in [0.5, 0.6) is 0 Å². The van der Waals surface area contributed by atoms with E-state index in [1.54, 1.807) is 12.2 Å². The average molecular weight is 301 g/mol. The van der Waals surface area contributed by atoms with Gasteiger partial charge in [0.15, 0.2) is 0 Å². The van der Waals surface area contributed by atoms with E-state index in [4.69, 9.17) is 8.22 Å². The first kappa shape index (κ1) is 11.5. The van der Waals surface area contributed by atoms with Crippen molar-refractivity contribution in [3.63, 3.8) is 0 Å². The number of unbranched alkanes of at least 4 members (excludes halogenated alkanes) is 5. The van der Waals surface area contributed by atoms with Crippen LogP contribution in [0.2, 0.25) is 0 Å². The van der Waals surface area contributed by atoms with Gasteiger partial charge in [0.1, 0.15) is 0 Å². The van der Waals surface area contributed by atoms with Gasteiger partial charge < -0.3 is 4.74 Å². The first-order valence-corrected chi connectivity index (χ1v) is 7.76. The number of carbonyl (C=O) groups is 1. The maximum atomic E-state index is 11.0. The molecule has 0 fully saturated rings. The minimum Gasteiger partial charge on any atom is -0.469 e. The summed E-state index contributed by atoms with van der Waals surface area (Å²) in [5.74, 6) is -0.155. The molecule has 0 N–H and O–H groups in total. The maximum Gasteiger partial charge on any atom is 0.305 e. The van der Waals surface area contributed by atoms with Gasteiger partial charge in [0.25, 0.3) is 0 Å². The molecular weight excluding hydrogens is 260 g/mol. The van der Waals surface area contributed by atoms with Crippen molar-refractivity contribution in [2.24, 2.45) is 0 Å². The molecular formula is C19H34O2. The highest BCUT2D eigenvalue weighted by atomic mass is 16.5. The number of hydrogen-bond acceptors (Lipinski definition) is 2. The van der Waals surface area contributed by atoms with E-state index in [0.717, 1.165) is 38.5 Å². The van der Waals surface area contributed by atoms with Gasteiger partial charge in [-0.15, -0.1) is 0 Å². The van der Waals surface area contributed by atoms with Gasteiger partial charge in [-0.1, -0.05) is 69.7 Å². The Balaban J connectivity index is 3.93. The Bertz CT molecular complexity index is 463. The highest BCUT2D eigenvalue weighted by molar-refractivity contribution is 5.68. The van der Waals surface area contributed by atoms with E-state index < -0.39 is 19.1 Å². The van der Waals surface area contributed by atoms with E-state index in [2.05, 4.69) is 4.74 Å². The number of esters is 1. The van der Waals surface area contributed by atoms with Crippen molar-refractivity contribution in [1.82, 2.24) is 0 Å². The SMILES string of the molecule is [2H]CC([2H])CC([2H])([2H])C([2H])([2H])C/C=C/C=C\CCCCCCCC(=O)OC. The van der Waals surface area contributed by atoms with E-state index in [9.17, 15) is 4.79 Å². The van der Waals surface area contributed by atoms with Crippen LogP contribution >= 0.6 is 0 Å². The van der Waals surface area contributed by atoms with Crippen molar-refractivity contribution in [1.29, 1.82) is 0 Å². The largest absolute Gasteiger partial charge is 0.469 e. The maximum absolute atomic E-state index is 11.0. The van der Waals surface area contributed by atoms with E-state index in [-0.39, 0.29) is 25.7 Å². The minimum atomic E-state index is -2.12. The summed E-state index contributed by atoms with van der Waals surface area (Å²) >= 11 is 0. The first-order valence-electron chi connectivity index (χ1n) is 11.0. The molecule has 0 spiro atoms. The zero-order valence-corrected chi connectivity index (χ0v) is 13.3. The highest BCUT2D eigenvalue weighted by Gasteiger charge is 1.98. The zero-order chi connectivity index (χ0) is 20.8. The van der Waals surface area contributed by atoms with Crippen LogP contribution < -0.4 is 0 Å². The summed E-state index contributed by atoms with van der Waals surface area (Å²) in [6, 6.07) is 0. The summed E-state index contributed by atoms with van der Waals surface area (Å²) in [7, 11) is 1.40. The molecule has 0 aliphatic heterocycles. The molecule has 0 aromatic rings. The summed E-state index contributed by atoms with van der Waals surface area (Å²) in [4.78, 5) is 11.0. The van der Waals surface area contributed by atoms with Gasteiger partial charge >= 0.3 is 5.97 Å². The standard InChI is InChI=1S/C19H34O2/c1-3-4-5-6-7-8-9-10-11-12-13-14-15-16-17-18-19(20)21-2/h8-11H,3-7,12-18H2,1-2H3/b9-8+,11-10-/i1D,3D,5D2,6D2. The van der Waals surface area contributed by atoms with Crippen LogP contribution in [0.15, 0.2) is 24.3 Å². The van der Waals surface area contributed by atoms with Gasteiger partial charge in [-0.2, -0.15) is 0 Å². The lowest BCUT2D eigenvalue weighted by Gasteiger charge is -1.99. The van der Waals surface area contributed by atoms with Crippen LogP contribution in [0.3, 0.4) is 0 Å². The molecule has 0 heterocycles. The second kappa shape index (κ2) is 17.0. The summed E-state index contributed by atoms with van der Waals surface area (Å²) < 4.78 is 50.7. The van der Waals surface area contributed by atoms with Crippen LogP contribution in [0.1, 0.15) is 92.1 Å². The molecule has 21 heavy (non-hydrogen) atoms. The summed E-state index contributed by atoms with van der Waals surface area (Å²) in [6.45, 7) is -0.223. The fourth-order valence-electron chi connectivity index (χ4n) is 1.76. The number of methoxy groups -OCH3 is 1. The quantitative estimate of drug-likeness (QED) is 0.224. The Kier molecular flexibility index (Phi) is 9.32. The molecule has 1 unspecified atom stereocenters. The summed E-state index contributed by atoms with van der Waals surface area (Å²) in [5.41, 5.74) is 0. The Morgan fingerprint density at radius 3 is 2.48 bits per heavy atom. The molecule has 2 nitrogen and oxygen atoms in total.